The van der Waals surface area contributed by atoms with Gasteiger partial charge < -0.3 is 4.74 Å². The van der Waals surface area contributed by atoms with Crippen LogP contribution in [0.5, 0.6) is 5.88 Å². The van der Waals surface area contributed by atoms with Crippen molar-refractivity contribution >= 4 is 11.6 Å². The highest BCUT2D eigenvalue weighted by Gasteiger charge is 2.16. The topological polar surface area (TPSA) is 22.1 Å². The highest BCUT2D eigenvalue weighted by molar-refractivity contribution is 6.16. The van der Waals surface area contributed by atoms with Crippen molar-refractivity contribution < 1.29 is 4.74 Å². The van der Waals surface area contributed by atoms with Crippen LogP contribution < -0.4 is 4.74 Å². The molecule has 1 aliphatic rings. The molecule has 76 valence electrons. The number of alkyl halides is 1. The molecule has 1 aromatic rings. The fraction of sp³-hybridized carbons (Fsp3) is 0.545. The Labute approximate surface area is 89.3 Å². The molecule has 0 aromatic carbocycles. The molecule has 0 unspecified atom stereocenters. The predicted molar refractivity (Wildman–Crippen MR) is 56.7 cm³/mol. The van der Waals surface area contributed by atoms with E-state index in [9.17, 15) is 0 Å². The maximum atomic E-state index is 5.75. The Morgan fingerprint density at radius 2 is 2.14 bits per heavy atom. The third-order valence-electron chi connectivity index (χ3n) is 2.51. The van der Waals surface area contributed by atoms with Crippen molar-refractivity contribution in [3.63, 3.8) is 0 Å². The Bertz CT molecular complexity index is 297. The van der Waals surface area contributed by atoms with Crippen molar-refractivity contribution in [2.75, 3.05) is 0 Å². The number of nitrogens with zero attached hydrogens (tertiary/aromatic N) is 1. The molecule has 0 N–H and O–H groups in total. The van der Waals surface area contributed by atoms with Crippen LogP contribution in [0.1, 0.15) is 31.4 Å². The predicted octanol–water partition coefficient (Wildman–Crippen LogP) is 3.14. The number of hydrogen-bond donors (Lipinski definition) is 0. The van der Waals surface area contributed by atoms with Crippen molar-refractivity contribution in [3.05, 3.63) is 23.9 Å². The zero-order valence-corrected chi connectivity index (χ0v) is 8.83. The molecular formula is C11H14ClNO. The van der Waals surface area contributed by atoms with E-state index in [1.165, 1.54) is 12.8 Å². The normalized spacial score (nSPS) is 17.2. The Hall–Kier alpha value is -0.760. The molecule has 3 heteroatoms. The summed E-state index contributed by atoms with van der Waals surface area (Å²) in [5.74, 6) is 1.16. The Morgan fingerprint density at radius 1 is 1.36 bits per heavy atom. The lowest BCUT2D eigenvalue weighted by atomic mass is 10.3. The van der Waals surface area contributed by atoms with Crippen molar-refractivity contribution in [3.8, 4) is 5.88 Å². The third-order valence-corrected chi connectivity index (χ3v) is 2.78. The molecule has 1 aliphatic carbocycles. The van der Waals surface area contributed by atoms with Crippen LogP contribution in [0.3, 0.4) is 0 Å². The largest absolute Gasteiger partial charge is 0.474 e. The average molecular weight is 212 g/mol. The van der Waals surface area contributed by atoms with Crippen molar-refractivity contribution in [1.82, 2.24) is 4.98 Å². The van der Waals surface area contributed by atoms with Gasteiger partial charge in [-0.3, -0.25) is 0 Å². The van der Waals surface area contributed by atoms with E-state index in [0.29, 0.717) is 12.0 Å². The lowest BCUT2D eigenvalue weighted by Crippen LogP contribution is -2.11. The number of aromatic nitrogens is 1. The van der Waals surface area contributed by atoms with Gasteiger partial charge in [-0.1, -0.05) is 6.07 Å². The molecular weight excluding hydrogens is 198 g/mol. The fourth-order valence-corrected chi connectivity index (χ4v) is 1.92. The average Bonchev–Trinajstić information content (AvgIpc) is 2.71. The van der Waals surface area contributed by atoms with Crippen molar-refractivity contribution in [2.45, 2.75) is 37.7 Å². The van der Waals surface area contributed by atoms with Crippen LogP contribution in [-0.4, -0.2) is 11.1 Å². The highest BCUT2D eigenvalue weighted by Crippen LogP contribution is 2.23. The molecule has 2 nitrogen and oxygen atoms in total. The van der Waals surface area contributed by atoms with Gasteiger partial charge in [0.05, 0.1) is 11.6 Å². The molecule has 0 radical (unpaired) electrons. The number of pyridine rings is 1. The number of halogens is 1. The molecule has 0 bridgehead atoms. The molecule has 0 aliphatic heterocycles. The van der Waals surface area contributed by atoms with Gasteiger partial charge in [0.25, 0.3) is 0 Å². The molecule has 0 amide bonds. The first-order valence-corrected chi connectivity index (χ1v) is 5.60. The quantitative estimate of drug-likeness (QED) is 0.717. The van der Waals surface area contributed by atoms with E-state index in [-0.39, 0.29) is 0 Å². The summed E-state index contributed by atoms with van der Waals surface area (Å²) in [5, 5.41) is 0. The minimum atomic E-state index is 0.369. The monoisotopic (exact) mass is 211 g/mol. The van der Waals surface area contributed by atoms with Crippen LogP contribution in [0, 0.1) is 0 Å². The van der Waals surface area contributed by atoms with Gasteiger partial charge in [0.2, 0.25) is 5.88 Å². The van der Waals surface area contributed by atoms with Gasteiger partial charge in [-0.15, -0.1) is 11.6 Å². The summed E-state index contributed by atoms with van der Waals surface area (Å²) in [6.45, 7) is 0. The van der Waals surface area contributed by atoms with Crippen molar-refractivity contribution in [1.29, 1.82) is 0 Å². The van der Waals surface area contributed by atoms with Gasteiger partial charge in [-0.05, 0) is 31.7 Å². The third kappa shape index (κ3) is 2.38. The molecule has 1 fully saturated rings. The van der Waals surface area contributed by atoms with Crippen LogP contribution in [0.2, 0.25) is 0 Å². The Kier molecular flexibility index (Phi) is 3.25. The first-order chi connectivity index (χ1) is 6.88. The first-order valence-electron chi connectivity index (χ1n) is 5.07. The second kappa shape index (κ2) is 4.65. The molecule has 14 heavy (non-hydrogen) atoms. The van der Waals surface area contributed by atoms with Crippen LogP contribution >= 0.6 is 11.6 Å². The van der Waals surface area contributed by atoms with E-state index < -0.39 is 0 Å². The zero-order valence-electron chi connectivity index (χ0n) is 8.08. The van der Waals surface area contributed by atoms with Crippen LogP contribution in [-0.2, 0) is 5.88 Å². The summed E-state index contributed by atoms with van der Waals surface area (Å²) < 4.78 is 5.75. The Balaban J connectivity index is 2.00. The number of rotatable bonds is 3. The van der Waals surface area contributed by atoms with Crippen LogP contribution in [0.25, 0.3) is 0 Å². The summed E-state index contributed by atoms with van der Waals surface area (Å²) in [6.07, 6.45) is 5.24. The molecule has 0 saturated heterocycles. The van der Waals surface area contributed by atoms with E-state index in [1.807, 2.05) is 18.2 Å². The van der Waals surface area contributed by atoms with E-state index in [0.717, 1.165) is 24.4 Å². The second-order valence-electron chi connectivity index (χ2n) is 3.63. The van der Waals surface area contributed by atoms with E-state index in [4.69, 9.17) is 16.3 Å². The summed E-state index contributed by atoms with van der Waals surface area (Å²) >= 11 is 5.70. The lowest BCUT2D eigenvalue weighted by Gasteiger charge is -2.12. The van der Waals surface area contributed by atoms with Crippen molar-refractivity contribution in [2.24, 2.45) is 0 Å². The van der Waals surface area contributed by atoms with Gasteiger partial charge in [-0.2, -0.15) is 0 Å². The highest BCUT2D eigenvalue weighted by atomic mass is 35.5. The smallest absolute Gasteiger partial charge is 0.213 e. The molecule has 0 spiro atoms. The minimum absolute atomic E-state index is 0.369. The molecule has 1 aromatic heterocycles. The van der Waals surface area contributed by atoms with Crippen LogP contribution in [0.4, 0.5) is 0 Å². The van der Waals surface area contributed by atoms with E-state index >= 15 is 0 Å². The number of hydrogen-bond acceptors (Lipinski definition) is 2. The lowest BCUT2D eigenvalue weighted by molar-refractivity contribution is 0.201. The maximum absolute atomic E-state index is 5.75. The molecule has 2 rings (SSSR count). The van der Waals surface area contributed by atoms with Gasteiger partial charge in [0.15, 0.2) is 0 Å². The Morgan fingerprint density at radius 3 is 2.86 bits per heavy atom. The van der Waals surface area contributed by atoms with Gasteiger partial charge in [-0.25, -0.2) is 4.98 Å². The van der Waals surface area contributed by atoms with Gasteiger partial charge in [0, 0.05) is 6.07 Å². The number of ether oxygens (including phenoxy) is 1. The summed E-state index contributed by atoms with van der Waals surface area (Å²) in [7, 11) is 0. The standard InChI is InChI=1S/C11H14ClNO/c12-8-9-4-3-7-11(13-9)14-10-5-1-2-6-10/h3-4,7,10H,1-2,5-6,8H2. The summed E-state index contributed by atoms with van der Waals surface area (Å²) in [4.78, 5) is 4.30. The molecule has 1 heterocycles. The zero-order chi connectivity index (χ0) is 9.80. The van der Waals surface area contributed by atoms with E-state index in [2.05, 4.69) is 4.98 Å². The molecule has 0 atom stereocenters. The molecule has 1 saturated carbocycles. The van der Waals surface area contributed by atoms with Gasteiger partial charge in [0.1, 0.15) is 6.10 Å². The fourth-order valence-electron chi connectivity index (χ4n) is 1.77. The first kappa shape index (κ1) is 9.78. The summed E-state index contributed by atoms with van der Waals surface area (Å²) in [5.41, 5.74) is 0.877. The van der Waals surface area contributed by atoms with E-state index in [1.54, 1.807) is 0 Å². The maximum Gasteiger partial charge on any atom is 0.213 e. The summed E-state index contributed by atoms with van der Waals surface area (Å²) in [6, 6.07) is 5.75. The second-order valence-corrected chi connectivity index (χ2v) is 3.89. The SMILES string of the molecule is ClCc1cccc(OC2CCCC2)n1. The van der Waals surface area contributed by atoms with Crippen LogP contribution in [0.15, 0.2) is 18.2 Å². The minimum Gasteiger partial charge on any atom is -0.474 e. The van der Waals surface area contributed by atoms with Gasteiger partial charge >= 0.3 is 0 Å².